The van der Waals surface area contributed by atoms with Crippen molar-refractivity contribution >= 4 is 10.0 Å². The molecule has 0 aromatic heterocycles. The maximum atomic E-state index is 13.3. The molecule has 0 radical (unpaired) electrons. The van der Waals surface area contributed by atoms with Gasteiger partial charge in [0.1, 0.15) is 0 Å². The van der Waals surface area contributed by atoms with Crippen LogP contribution in [0.4, 0.5) is 0 Å². The molecule has 4 aromatic carbocycles. The highest BCUT2D eigenvalue weighted by Crippen LogP contribution is 2.21. The van der Waals surface area contributed by atoms with E-state index in [4.69, 9.17) is 0 Å². The van der Waals surface area contributed by atoms with E-state index in [1.807, 2.05) is 85.8 Å². The molecule has 5 heteroatoms. The van der Waals surface area contributed by atoms with Crippen LogP contribution in [0.2, 0.25) is 0 Å². The van der Waals surface area contributed by atoms with Gasteiger partial charge < -0.3 is 0 Å². The van der Waals surface area contributed by atoms with Gasteiger partial charge >= 0.3 is 0 Å². The van der Waals surface area contributed by atoms with E-state index in [0.29, 0.717) is 19.6 Å². The first-order chi connectivity index (χ1) is 16.5. The predicted molar refractivity (Wildman–Crippen MR) is 138 cm³/mol. The molecule has 4 aromatic rings. The highest BCUT2D eigenvalue weighted by atomic mass is 32.2. The quantitative estimate of drug-likeness (QED) is 0.323. The Balaban J connectivity index is 1.63. The lowest BCUT2D eigenvalue weighted by Gasteiger charge is -2.29. The molecule has 34 heavy (non-hydrogen) atoms. The fourth-order valence-corrected chi connectivity index (χ4v) is 5.21. The van der Waals surface area contributed by atoms with Gasteiger partial charge in [-0.2, -0.15) is 0 Å². The zero-order valence-electron chi connectivity index (χ0n) is 19.3. The minimum atomic E-state index is -3.69. The van der Waals surface area contributed by atoms with Crippen molar-refractivity contribution in [1.82, 2.24) is 9.62 Å². The van der Waals surface area contributed by atoms with Crippen molar-refractivity contribution in [3.63, 3.8) is 0 Å². The van der Waals surface area contributed by atoms with Crippen molar-refractivity contribution in [3.8, 4) is 0 Å². The van der Waals surface area contributed by atoms with Crippen molar-refractivity contribution in [2.45, 2.75) is 31.0 Å². The van der Waals surface area contributed by atoms with Crippen molar-refractivity contribution < 1.29 is 8.42 Å². The van der Waals surface area contributed by atoms with Gasteiger partial charge in [-0.05, 0) is 35.7 Å². The molecule has 4 rings (SSSR count). The van der Waals surface area contributed by atoms with Crippen molar-refractivity contribution in [2.24, 2.45) is 0 Å². The average Bonchev–Trinajstić information content (AvgIpc) is 2.85. The van der Waals surface area contributed by atoms with Gasteiger partial charge in [-0.3, -0.25) is 4.90 Å². The van der Waals surface area contributed by atoms with Crippen molar-refractivity contribution in [1.29, 1.82) is 0 Å². The molecule has 0 bridgehead atoms. The third kappa shape index (κ3) is 6.64. The fraction of sp³-hybridized carbons (Fsp3) is 0.172. The summed E-state index contributed by atoms with van der Waals surface area (Å²) in [5, 5.41) is 0. The molecule has 0 aliphatic carbocycles. The van der Waals surface area contributed by atoms with Gasteiger partial charge in [-0.1, -0.05) is 109 Å². The molecule has 0 spiro atoms. The molecule has 0 saturated heterocycles. The molecular weight excluding hydrogens is 440 g/mol. The molecule has 1 N–H and O–H groups in total. The Hall–Kier alpha value is -3.25. The second-order valence-corrected chi connectivity index (χ2v) is 10.3. The summed E-state index contributed by atoms with van der Waals surface area (Å²) in [6, 6.07) is 36.9. The van der Waals surface area contributed by atoms with Gasteiger partial charge in [0.25, 0.3) is 0 Å². The van der Waals surface area contributed by atoms with Crippen LogP contribution in [0.1, 0.15) is 28.3 Å². The Labute approximate surface area is 202 Å². The molecule has 1 atom stereocenters. The molecule has 0 fully saturated rings. The zero-order chi connectivity index (χ0) is 23.8. The summed E-state index contributed by atoms with van der Waals surface area (Å²) >= 11 is 0. The third-order valence-electron chi connectivity index (χ3n) is 5.77. The summed E-state index contributed by atoms with van der Waals surface area (Å²) in [4.78, 5) is 2.57. The van der Waals surface area contributed by atoms with Crippen LogP contribution in [-0.4, -0.2) is 19.9 Å². The van der Waals surface area contributed by atoms with Crippen LogP contribution in [0.15, 0.2) is 120 Å². The fourth-order valence-electron chi connectivity index (χ4n) is 4.00. The van der Waals surface area contributed by atoms with Crippen LogP contribution in [0, 0.1) is 6.92 Å². The highest BCUT2D eigenvalue weighted by molar-refractivity contribution is 7.89. The first-order valence-electron chi connectivity index (χ1n) is 11.4. The van der Waals surface area contributed by atoms with E-state index in [9.17, 15) is 8.42 Å². The number of hydrogen-bond donors (Lipinski definition) is 1. The summed E-state index contributed by atoms with van der Waals surface area (Å²) in [5.41, 5.74) is 4.33. The first kappa shape index (κ1) is 23.9. The van der Waals surface area contributed by atoms with Crippen LogP contribution in [0.3, 0.4) is 0 Å². The van der Waals surface area contributed by atoms with Crippen LogP contribution in [0.25, 0.3) is 0 Å². The minimum absolute atomic E-state index is 0.275. The van der Waals surface area contributed by atoms with E-state index in [2.05, 4.69) is 33.9 Å². The summed E-state index contributed by atoms with van der Waals surface area (Å²) in [5.74, 6) is 0. The largest absolute Gasteiger partial charge is 0.293 e. The van der Waals surface area contributed by atoms with E-state index in [0.717, 1.165) is 11.1 Å². The van der Waals surface area contributed by atoms with E-state index < -0.39 is 16.1 Å². The van der Waals surface area contributed by atoms with Gasteiger partial charge in [0.2, 0.25) is 10.0 Å². The molecule has 0 saturated carbocycles. The monoisotopic (exact) mass is 470 g/mol. The van der Waals surface area contributed by atoms with Gasteiger partial charge in [0.15, 0.2) is 0 Å². The lowest BCUT2D eigenvalue weighted by atomic mass is 10.1. The lowest BCUT2D eigenvalue weighted by molar-refractivity contribution is 0.235. The van der Waals surface area contributed by atoms with E-state index in [-0.39, 0.29) is 4.90 Å². The van der Waals surface area contributed by atoms with E-state index in [1.54, 1.807) is 12.1 Å². The summed E-state index contributed by atoms with van der Waals surface area (Å²) < 4.78 is 29.6. The molecule has 0 aliphatic rings. The summed E-state index contributed by atoms with van der Waals surface area (Å²) in [6.07, 6.45) is 0. The second-order valence-electron chi connectivity index (χ2n) is 8.54. The molecule has 174 valence electrons. The van der Waals surface area contributed by atoms with Crippen molar-refractivity contribution in [3.05, 3.63) is 138 Å². The van der Waals surface area contributed by atoms with Crippen LogP contribution < -0.4 is 4.72 Å². The second kappa shape index (κ2) is 11.3. The smallest absolute Gasteiger partial charge is 0.241 e. The standard InChI is InChI=1S/C29H30N2O2S/c1-24-17-19-28(20-18-24)34(32,33)30-29(27-15-9-4-10-16-27)23-31(21-25-11-5-2-6-12-25)22-26-13-7-3-8-14-26/h2-20,29-30H,21-23H2,1H3. The number of hydrogen-bond acceptors (Lipinski definition) is 3. The molecule has 0 amide bonds. The first-order valence-corrected chi connectivity index (χ1v) is 12.9. The summed E-state index contributed by atoms with van der Waals surface area (Å²) in [6.45, 7) is 3.90. The molecule has 0 heterocycles. The Morgan fingerprint density at radius 1 is 0.676 bits per heavy atom. The molecule has 0 aliphatic heterocycles. The number of rotatable bonds is 10. The predicted octanol–water partition coefficient (Wildman–Crippen LogP) is 5.72. The number of nitrogens with zero attached hydrogens (tertiary/aromatic N) is 1. The van der Waals surface area contributed by atoms with Gasteiger partial charge in [0, 0.05) is 19.6 Å². The number of aryl methyl sites for hydroxylation is 1. The van der Waals surface area contributed by atoms with Crippen LogP contribution in [-0.2, 0) is 23.1 Å². The van der Waals surface area contributed by atoms with Crippen LogP contribution in [0.5, 0.6) is 0 Å². The average molecular weight is 471 g/mol. The topological polar surface area (TPSA) is 49.4 Å². The van der Waals surface area contributed by atoms with E-state index in [1.165, 1.54) is 11.1 Å². The summed E-state index contributed by atoms with van der Waals surface area (Å²) in [7, 11) is -3.69. The maximum absolute atomic E-state index is 13.3. The molecule has 4 nitrogen and oxygen atoms in total. The van der Waals surface area contributed by atoms with Crippen molar-refractivity contribution in [2.75, 3.05) is 6.54 Å². The molecule has 1 unspecified atom stereocenters. The number of nitrogens with one attached hydrogen (secondary N) is 1. The van der Waals surface area contributed by atoms with Crippen LogP contribution >= 0.6 is 0 Å². The zero-order valence-corrected chi connectivity index (χ0v) is 20.2. The Kier molecular flexibility index (Phi) is 7.91. The molecular formula is C29H30N2O2S. The number of sulfonamides is 1. The Morgan fingerprint density at radius 2 is 1.15 bits per heavy atom. The maximum Gasteiger partial charge on any atom is 0.241 e. The lowest BCUT2D eigenvalue weighted by Crippen LogP contribution is -2.37. The normalized spacial score (nSPS) is 12.5. The van der Waals surface area contributed by atoms with Gasteiger partial charge in [-0.25, -0.2) is 13.1 Å². The third-order valence-corrected chi connectivity index (χ3v) is 7.26. The highest BCUT2D eigenvalue weighted by Gasteiger charge is 2.24. The Morgan fingerprint density at radius 3 is 1.65 bits per heavy atom. The van der Waals surface area contributed by atoms with Gasteiger partial charge in [0.05, 0.1) is 10.9 Å². The Bertz CT molecular complexity index is 1220. The van der Waals surface area contributed by atoms with Gasteiger partial charge in [-0.15, -0.1) is 0 Å². The minimum Gasteiger partial charge on any atom is -0.293 e. The number of benzene rings is 4. The van der Waals surface area contributed by atoms with E-state index >= 15 is 0 Å². The SMILES string of the molecule is Cc1ccc(S(=O)(=O)NC(CN(Cc2ccccc2)Cc2ccccc2)c2ccccc2)cc1.